The second kappa shape index (κ2) is 8.37. The van der Waals surface area contributed by atoms with Crippen LogP contribution in [0.4, 0.5) is 8.78 Å². The highest BCUT2D eigenvalue weighted by Crippen LogP contribution is 2.09. The monoisotopic (exact) mass is 346 g/mol. The third-order valence-corrected chi connectivity index (χ3v) is 3.78. The van der Waals surface area contributed by atoms with Crippen molar-refractivity contribution < 1.29 is 18.4 Å². The van der Waals surface area contributed by atoms with Gasteiger partial charge in [0.1, 0.15) is 11.6 Å². The van der Waals surface area contributed by atoms with E-state index in [4.69, 9.17) is 0 Å². The minimum Gasteiger partial charge on any atom is -0.350 e. The van der Waals surface area contributed by atoms with Crippen LogP contribution in [0.25, 0.3) is 0 Å². The van der Waals surface area contributed by atoms with Gasteiger partial charge in [0.05, 0.1) is 0 Å². The van der Waals surface area contributed by atoms with Gasteiger partial charge in [-0.1, -0.05) is 19.1 Å². The molecule has 0 radical (unpaired) electrons. The summed E-state index contributed by atoms with van der Waals surface area (Å²) in [5.41, 5.74) is 1.22. The van der Waals surface area contributed by atoms with Crippen LogP contribution in [0.2, 0.25) is 0 Å². The molecule has 0 fully saturated rings. The molecule has 0 saturated heterocycles. The van der Waals surface area contributed by atoms with Crippen LogP contribution in [0, 0.1) is 11.6 Å². The molecule has 0 spiro atoms. The Hall–Kier alpha value is -2.76. The van der Waals surface area contributed by atoms with Crippen LogP contribution < -0.4 is 10.6 Å². The molecule has 0 saturated carbocycles. The summed E-state index contributed by atoms with van der Waals surface area (Å²) in [6, 6.07) is 9.53. The lowest BCUT2D eigenvalue weighted by Crippen LogP contribution is -2.31. The van der Waals surface area contributed by atoms with Crippen molar-refractivity contribution in [3.8, 4) is 0 Å². The molecule has 2 aromatic rings. The summed E-state index contributed by atoms with van der Waals surface area (Å²) in [4.78, 5) is 23.9. The van der Waals surface area contributed by atoms with Gasteiger partial charge in [0.15, 0.2) is 0 Å². The highest BCUT2D eigenvalue weighted by molar-refractivity contribution is 5.95. The van der Waals surface area contributed by atoms with E-state index in [1.807, 2.05) is 13.8 Å². The molecule has 6 heteroatoms. The number of hydrogen-bond donors (Lipinski definition) is 2. The molecule has 1 unspecified atom stereocenters. The van der Waals surface area contributed by atoms with Crippen LogP contribution >= 0.6 is 0 Å². The number of benzene rings is 2. The maximum absolute atomic E-state index is 13.1. The first kappa shape index (κ1) is 18.6. The number of carbonyl (C=O) groups excluding carboxylic acids is 2. The Morgan fingerprint density at radius 2 is 1.56 bits per heavy atom. The van der Waals surface area contributed by atoms with Crippen molar-refractivity contribution in [2.24, 2.45) is 0 Å². The van der Waals surface area contributed by atoms with Gasteiger partial charge in [-0.2, -0.15) is 0 Å². The molecule has 2 rings (SSSR count). The fraction of sp³-hybridized carbons (Fsp3) is 0.263. The fourth-order valence-corrected chi connectivity index (χ4v) is 2.15. The first-order valence-corrected chi connectivity index (χ1v) is 8.03. The Labute approximate surface area is 145 Å². The van der Waals surface area contributed by atoms with Crippen molar-refractivity contribution in [2.45, 2.75) is 32.9 Å². The minimum atomic E-state index is -0.804. The van der Waals surface area contributed by atoms with Crippen LogP contribution in [0.1, 0.15) is 46.5 Å². The molecule has 0 bridgehead atoms. The molecule has 132 valence electrons. The summed E-state index contributed by atoms with van der Waals surface area (Å²) in [7, 11) is 0. The number of amides is 2. The van der Waals surface area contributed by atoms with Gasteiger partial charge in [-0.05, 0) is 43.2 Å². The van der Waals surface area contributed by atoms with Crippen molar-refractivity contribution in [3.63, 3.8) is 0 Å². The number of carbonyl (C=O) groups is 2. The van der Waals surface area contributed by atoms with Crippen LogP contribution in [-0.4, -0.2) is 17.9 Å². The summed E-state index contributed by atoms with van der Waals surface area (Å²) < 4.78 is 26.3. The number of rotatable bonds is 6. The molecule has 0 aliphatic rings. The molecule has 0 heterocycles. The highest BCUT2D eigenvalue weighted by atomic mass is 19.1. The minimum absolute atomic E-state index is 0.0814. The molecular formula is C19H20F2N2O2. The molecule has 2 aromatic carbocycles. The number of nitrogens with one attached hydrogen (secondary N) is 2. The van der Waals surface area contributed by atoms with Crippen LogP contribution in [-0.2, 0) is 6.54 Å². The zero-order valence-corrected chi connectivity index (χ0v) is 14.1. The predicted octanol–water partition coefficient (Wildman–Crippen LogP) is 3.42. The normalized spacial score (nSPS) is 11.7. The van der Waals surface area contributed by atoms with Crippen LogP contribution in [0.3, 0.4) is 0 Å². The zero-order valence-electron chi connectivity index (χ0n) is 14.1. The van der Waals surface area contributed by atoms with Gasteiger partial charge >= 0.3 is 0 Å². The standard InChI is InChI=1S/C19H20F2N2O2/c1-3-12(2)23-19(25)14-6-4-13(5-7-14)11-22-18(24)15-8-16(20)10-17(21)9-15/h4-10,12H,3,11H2,1-2H3,(H,22,24)(H,23,25). The lowest BCUT2D eigenvalue weighted by Gasteiger charge is -2.11. The summed E-state index contributed by atoms with van der Waals surface area (Å²) in [6.07, 6.45) is 0.844. The fourth-order valence-electron chi connectivity index (χ4n) is 2.15. The van der Waals surface area contributed by atoms with Crippen molar-refractivity contribution in [2.75, 3.05) is 0 Å². The highest BCUT2D eigenvalue weighted by Gasteiger charge is 2.10. The molecule has 2 amide bonds. The molecule has 2 N–H and O–H groups in total. The van der Waals surface area contributed by atoms with Gasteiger partial charge < -0.3 is 10.6 Å². The maximum Gasteiger partial charge on any atom is 0.251 e. The molecule has 0 aromatic heterocycles. The number of halogens is 2. The smallest absolute Gasteiger partial charge is 0.251 e. The Morgan fingerprint density at radius 3 is 2.12 bits per heavy atom. The Morgan fingerprint density at radius 1 is 0.960 bits per heavy atom. The Bertz CT molecular complexity index is 740. The molecule has 0 aliphatic carbocycles. The topological polar surface area (TPSA) is 58.2 Å². The SMILES string of the molecule is CCC(C)NC(=O)c1ccc(CNC(=O)c2cc(F)cc(F)c2)cc1. The van der Waals surface area contributed by atoms with E-state index in [9.17, 15) is 18.4 Å². The summed E-state index contributed by atoms with van der Waals surface area (Å²) >= 11 is 0. The van der Waals surface area contributed by atoms with Gasteiger partial charge in [0.25, 0.3) is 11.8 Å². The van der Waals surface area contributed by atoms with Crippen molar-refractivity contribution in [1.29, 1.82) is 0 Å². The van der Waals surface area contributed by atoms with Crippen molar-refractivity contribution >= 4 is 11.8 Å². The van der Waals surface area contributed by atoms with E-state index >= 15 is 0 Å². The van der Waals surface area contributed by atoms with Gasteiger partial charge in [0.2, 0.25) is 0 Å². The lowest BCUT2D eigenvalue weighted by atomic mass is 10.1. The zero-order chi connectivity index (χ0) is 18.4. The van der Waals surface area contributed by atoms with E-state index in [2.05, 4.69) is 10.6 Å². The molecule has 1 atom stereocenters. The van der Waals surface area contributed by atoms with E-state index in [0.29, 0.717) is 11.6 Å². The summed E-state index contributed by atoms with van der Waals surface area (Å²) in [6.45, 7) is 4.10. The van der Waals surface area contributed by atoms with Crippen molar-refractivity contribution in [3.05, 3.63) is 70.8 Å². The van der Waals surface area contributed by atoms with Gasteiger partial charge in [-0.15, -0.1) is 0 Å². The van der Waals surface area contributed by atoms with Crippen LogP contribution in [0.5, 0.6) is 0 Å². The summed E-state index contributed by atoms with van der Waals surface area (Å²) in [5.74, 6) is -2.33. The van der Waals surface area contributed by atoms with Gasteiger partial charge in [-0.3, -0.25) is 9.59 Å². The second-order valence-corrected chi connectivity index (χ2v) is 5.82. The third kappa shape index (κ3) is 5.38. The van der Waals surface area contributed by atoms with E-state index in [-0.39, 0.29) is 24.1 Å². The second-order valence-electron chi connectivity index (χ2n) is 5.82. The quantitative estimate of drug-likeness (QED) is 0.842. The largest absolute Gasteiger partial charge is 0.350 e. The summed E-state index contributed by atoms with van der Waals surface area (Å²) in [5, 5.41) is 5.45. The first-order valence-electron chi connectivity index (χ1n) is 8.03. The molecule has 25 heavy (non-hydrogen) atoms. The lowest BCUT2D eigenvalue weighted by molar-refractivity contribution is 0.0934. The van der Waals surface area contributed by atoms with Gasteiger partial charge in [0, 0.05) is 29.8 Å². The average Bonchev–Trinajstić information content (AvgIpc) is 2.59. The van der Waals surface area contributed by atoms with Crippen molar-refractivity contribution in [1.82, 2.24) is 10.6 Å². The predicted molar refractivity (Wildman–Crippen MR) is 91.2 cm³/mol. The van der Waals surface area contributed by atoms with Gasteiger partial charge in [-0.25, -0.2) is 8.78 Å². The van der Waals surface area contributed by atoms with E-state index < -0.39 is 17.5 Å². The third-order valence-electron chi connectivity index (χ3n) is 3.78. The van der Waals surface area contributed by atoms with Crippen LogP contribution in [0.15, 0.2) is 42.5 Å². The maximum atomic E-state index is 13.1. The number of hydrogen-bond acceptors (Lipinski definition) is 2. The Balaban J connectivity index is 1.95. The van der Waals surface area contributed by atoms with E-state index in [1.54, 1.807) is 24.3 Å². The average molecular weight is 346 g/mol. The van der Waals surface area contributed by atoms with E-state index in [0.717, 1.165) is 24.1 Å². The molecule has 4 nitrogen and oxygen atoms in total. The Kier molecular flexibility index (Phi) is 6.22. The van der Waals surface area contributed by atoms with E-state index in [1.165, 1.54) is 0 Å². The first-order chi connectivity index (χ1) is 11.9. The molecule has 0 aliphatic heterocycles. The molecular weight excluding hydrogens is 326 g/mol.